The second-order valence-electron chi connectivity index (χ2n) is 4.82. The van der Waals surface area contributed by atoms with Crippen molar-refractivity contribution >= 4 is 37.6 Å². The minimum absolute atomic E-state index is 0.0612. The van der Waals surface area contributed by atoms with Crippen molar-refractivity contribution in [1.29, 1.82) is 0 Å². The van der Waals surface area contributed by atoms with Crippen LogP contribution in [0.25, 0.3) is 0 Å². The Kier molecular flexibility index (Phi) is 5.01. The van der Waals surface area contributed by atoms with E-state index in [2.05, 4.69) is 15.9 Å². The second-order valence-corrected chi connectivity index (χ2v) is 7.28. The summed E-state index contributed by atoms with van der Waals surface area (Å²) in [5.74, 6) is -0.641. The van der Waals surface area contributed by atoms with Crippen LogP contribution in [0.5, 0.6) is 5.75 Å². The molecule has 0 aromatic heterocycles. The summed E-state index contributed by atoms with van der Waals surface area (Å²) in [5, 5.41) is 0. The third-order valence-electron chi connectivity index (χ3n) is 3.05. The SMILES string of the molecule is CC(=O)c1cccc(S(=O)(=O)Oc2ccc(Br)cc2C(C)=O)c1. The summed E-state index contributed by atoms with van der Waals surface area (Å²) in [6.07, 6.45) is 0. The number of rotatable bonds is 5. The van der Waals surface area contributed by atoms with Crippen LogP contribution in [0, 0.1) is 0 Å². The molecule has 0 aliphatic carbocycles. The van der Waals surface area contributed by atoms with Gasteiger partial charge in [0.2, 0.25) is 0 Å². The van der Waals surface area contributed by atoms with E-state index < -0.39 is 10.1 Å². The van der Waals surface area contributed by atoms with Crippen LogP contribution in [0.2, 0.25) is 0 Å². The molecule has 0 aliphatic heterocycles. The maximum absolute atomic E-state index is 12.4. The molecule has 2 aromatic rings. The van der Waals surface area contributed by atoms with Crippen LogP contribution in [0.15, 0.2) is 51.8 Å². The van der Waals surface area contributed by atoms with Crippen LogP contribution in [0.1, 0.15) is 34.6 Å². The normalized spacial score (nSPS) is 11.1. The Hall–Kier alpha value is -1.99. The fourth-order valence-electron chi connectivity index (χ4n) is 1.89. The average molecular weight is 397 g/mol. The first-order valence-corrected chi connectivity index (χ1v) is 8.77. The first-order valence-electron chi connectivity index (χ1n) is 6.56. The van der Waals surface area contributed by atoms with Gasteiger partial charge in [-0.2, -0.15) is 8.42 Å². The summed E-state index contributed by atoms with van der Waals surface area (Å²) < 4.78 is 30.5. The zero-order valence-electron chi connectivity index (χ0n) is 12.4. The number of benzene rings is 2. The van der Waals surface area contributed by atoms with Crippen molar-refractivity contribution < 1.29 is 22.2 Å². The van der Waals surface area contributed by atoms with Gasteiger partial charge in [0, 0.05) is 10.0 Å². The molecule has 0 radical (unpaired) electrons. The monoisotopic (exact) mass is 396 g/mol. The maximum Gasteiger partial charge on any atom is 0.339 e. The average Bonchev–Trinajstić information content (AvgIpc) is 2.48. The largest absolute Gasteiger partial charge is 0.378 e. The van der Waals surface area contributed by atoms with E-state index in [-0.39, 0.29) is 33.3 Å². The fourth-order valence-corrected chi connectivity index (χ4v) is 3.24. The number of Topliss-reactive ketones (excluding diaryl/α,β-unsaturated/α-hetero) is 2. The summed E-state index contributed by atoms with van der Waals surface area (Å²) in [7, 11) is -4.16. The van der Waals surface area contributed by atoms with E-state index in [0.717, 1.165) is 0 Å². The van der Waals surface area contributed by atoms with E-state index in [1.54, 1.807) is 6.07 Å². The van der Waals surface area contributed by atoms with Crippen molar-refractivity contribution in [2.45, 2.75) is 18.7 Å². The lowest BCUT2D eigenvalue weighted by molar-refractivity contribution is 0.100. The predicted molar refractivity (Wildman–Crippen MR) is 88.4 cm³/mol. The molecule has 0 N–H and O–H groups in total. The smallest absolute Gasteiger partial charge is 0.339 e. The molecule has 23 heavy (non-hydrogen) atoms. The van der Waals surface area contributed by atoms with Gasteiger partial charge < -0.3 is 4.18 Å². The van der Waals surface area contributed by atoms with Crippen molar-refractivity contribution in [2.24, 2.45) is 0 Å². The summed E-state index contributed by atoms with van der Waals surface area (Å²) in [4.78, 5) is 22.9. The quantitative estimate of drug-likeness (QED) is 0.569. The van der Waals surface area contributed by atoms with E-state index in [1.807, 2.05) is 0 Å². The number of halogens is 1. The molecule has 0 atom stereocenters. The van der Waals surface area contributed by atoms with Crippen LogP contribution in [-0.4, -0.2) is 20.0 Å². The summed E-state index contributed by atoms with van der Waals surface area (Å²) in [5.41, 5.74) is 0.406. The van der Waals surface area contributed by atoms with E-state index in [9.17, 15) is 18.0 Å². The van der Waals surface area contributed by atoms with Gasteiger partial charge >= 0.3 is 10.1 Å². The Morgan fingerprint density at radius 3 is 2.30 bits per heavy atom. The molecule has 120 valence electrons. The molecular weight excluding hydrogens is 384 g/mol. The maximum atomic E-state index is 12.4. The van der Waals surface area contributed by atoms with Crippen molar-refractivity contribution in [3.05, 3.63) is 58.1 Å². The lowest BCUT2D eigenvalue weighted by Gasteiger charge is -2.11. The van der Waals surface area contributed by atoms with Gasteiger partial charge in [-0.15, -0.1) is 0 Å². The van der Waals surface area contributed by atoms with Crippen LogP contribution in [0.3, 0.4) is 0 Å². The second kappa shape index (κ2) is 6.64. The van der Waals surface area contributed by atoms with Crippen LogP contribution in [0.4, 0.5) is 0 Å². The van der Waals surface area contributed by atoms with E-state index in [0.29, 0.717) is 4.47 Å². The molecular formula is C16H13BrO5S. The minimum atomic E-state index is -4.16. The zero-order valence-corrected chi connectivity index (χ0v) is 14.8. The first kappa shape index (κ1) is 17.4. The molecule has 0 fully saturated rings. The van der Waals surface area contributed by atoms with Gasteiger partial charge in [0.1, 0.15) is 4.90 Å². The van der Waals surface area contributed by atoms with Crippen LogP contribution in [-0.2, 0) is 10.1 Å². The standard InChI is InChI=1S/C16H13BrO5S/c1-10(18)12-4-3-5-14(8-12)23(20,21)22-16-7-6-13(17)9-15(16)11(2)19/h3-9H,1-2H3. The summed E-state index contributed by atoms with van der Waals surface area (Å²) in [6, 6.07) is 10.00. The molecule has 0 aliphatic rings. The lowest BCUT2D eigenvalue weighted by atomic mass is 10.1. The Morgan fingerprint density at radius 1 is 1.00 bits per heavy atom. The Balaban J connectivity index is 2.45. The fraction of sp³-hybridized carbons (Fsp3) is 0.125. The molecule has 0 saturated heterocycles. The number of hydrogen-bond donors (Lipinski definition) is 0. The Bertz CT molecular complexity index is 887. The molecule has 5 nitrogen and oxygen atoms in total. The number of carbonyl (C=O) groups excluding carboxylic acids is 2. The Labute approximate surface area is 142 Å². The number of ketones is 2. The van der Waals surface area contributed by atoms with E-state index >= 15 is 0 Å². The first-order chi connectivity index (χ1) is 10.7. The van der Waals surface area contributed by atoms with Gasteiger partial charge in [-0.3, -0.25) is 9.59 Å². The third-order valence-corrected chi connectivity index (χ3v) is 4.77. The predicted octanol–water partition coefficient (Wildman–Crippen LogP) is 3.62. The molecule has 0 heterocycles. The van der Waals surface area contributed by atoms with Crippen LogP contribution < -0.4 is 4.18 Å². The van der Waals surface area contributed by atoms with Gasteiger partial charge in [-0.25, -0.2) is 0 Å². The van der Waals surface area contributed by atoms with Crippen molar-refractivity contribution in [2.75, 3.05) is 0 Å². The van der Waals surface area contributed by atoms with Gasteiger partial charge in [-0.05, 0) is 44.2 Å². The molecule has 0 amide bonds. The topological polar surface area (TPSA) is 77.5 Å². The number of hydrogen-bond acceptors (Lipinski definition) is 5. The summed E-state index contributed by atoms with van der Waals surface area (Å²) >= 11 is 3.22. The van der Waals surface area contributed by atoms with Crippen molar-refractivity contribution in [3.8, 4) is 5.75 Å². The zero-order chi connectivity index (χ0) is 17.2. The van der Waals surface area contributed by atoms with Gasteiger partial charge in [0.05, 0.1) is 5.56 Å². The minimum Gasteiger partial charge on any atom is -0.378 e. The molecule has 2 rings (SSSR count). The Morgan fingerprint density at radius 2 is 1.70 bits per heavy atom. The lowest BCUT2D eigenvalue weighted by Crippen LogP contribution is -2.12. The van der Waals surface area contributed by atoms with Crippen molar-refractivity contribution in [3.63, 3.8) is 0 Å². The highest BCUT2D eigenvalue weighted by atomic mass is 79.9. The van der Waals surface area contributed by atoms with E-state index in [1.165, 1.54) is 50.2 Å². The molecule has 0 spiro atoms. The highest BCUT2D eigenvalue weighted by Gasteiger charge is 2.21. The van der Waals surface area contributed by atoms with Gasteiger partial charge in [0.15, 0.2) is 17.3 Å². The third kappa shape index (κ3) is 4.05. The highest BCUT2D eigenvalue weighted by molar-refractivity contribution is 9.10. The molecule has 2 aromatic carbocycles. The summed E-state index contributed by atoms with van der Waals surface area (Å²) in [6.45, 7) is 2.66. The molecule has 7 heteroatoms. The molecule has 0 bridgehead atoms. The van der Waals surface area contributed by atoms with Gasteiger partial charge in [0.25, 0.3) is 0 Å². The van der Waals surface area contributed by atoms with Crippen LogP contribution >= 0.6 is 15.9 Å². The van der Waals surface area contributed by atoms with E-state index in [4.69, 9.17) is 4.18 Å². The highest BCUT2D eigenvalue weighted by Crippen LogP contribution is 2.27. The van der Waals surface area contributed by atoms with Crippen molar-refractivity contribution in [1.82, 2.24) is 0 Å². The number of carbonyl (C=O) groups is 2. The van der Waals surface area contributed by atoms with Gasteiger partial charge in [-0.1, -0.05) is 28.1 Å². The molecule has 0 saturated carbocycles. The molecule has 0 unspecified atom stereocenters.